The Labute approximate surface area is 147 Å². The number of nitrogens with one attached hydrogen (secondary N) is 1. The van der Waals surface area contributed by atoms with Crippen LogP contribution in [0.4, 0.5) is 4.39 Å². The zero-order valence-electron chi connectivity index (χ0n) is 16.1. The second-order valence-corrected chi connectivity index (χ2v) is 8.61. The average Bonchev–Trinajstić information content (AvgIpc) is 2.53. The van der Waals surface area contributed by atoms with Crippen LogP contribution in [0, 0.1) is 23.1 Å². The standard InChI is InChI=1S/C21H33FN2/c1-14(2)15(3)23-13-20-18(22)11-12-19(24-20)16-7-9-17(10-8-16)21(4,5)6/h7,11-12,14-15,17,23H,8-10,13H2,1-6H3/t15-,17?/m1/s1. The molecule has 1 unspecified atom stereocenters. The maximum atomic E-state index is 14.1. The molecule has 0 aromatic carbocycles. The Hall–Kier alpha value is -1.22. The predicted octanol–water partition coefficient (Wildman–Crippen LogP) is 5.58. The molecule has 0 amide bonds. The first-order valence-electron chi connectivity index (χ1n) is 9.26. The van der Waals surface area contributed by atoms with Gasteiger partial charge >= 0.3 is 0 Å². The van der Waals surface area contributed by atoms with Crippen molar-refractivity contribution < 1.29 is 4.39 Å². The third-order valence-electron chi connectivity index (χ3n) is 5.47. The highest BCUT2D eigenvalue weighted by atomic mass is 19.1. The van der Waals surface area contributed by atoms with Gasteiger partial charge in [-0.2, -0.15) is 0 Å². The van der Waals surface area contributed by atoms with E-state index in [-0.39, 0.29) is 5.82 Å². The summed E-state index contributed by atoms with van der Waals surface area (Å²) in [6.07, 6.45) is 5.63. The van der Waals surface area contributed by atoms with Crippen molar-refractivity contribution in [3.8, 4) is 0 Å². The molecule has 0 bridgehead atoms. The van der Waals surface area contributed by atoms with E-state index in [1.54, 1.807) is 6.07 Å². The average molecular weight is 333 g/mol. The lowest BCUT2D eigenvalue weighted by atomic mass is 9.73. The van der Waals surface area contributed by atoms with Crippen molar-refractivity contribution in [2.45, 2.75) is 73.4 Å². The minimum Gasteiger partial charge on any atom is -0.308 e. The quantitative estimate of drug-likeness (QED) is 0.761. The highest BCUT2D eigenvalue weighted by Gasteiger charge is 2.26. The van der Waals surface area contributed by atoms with Crippen molar-refractivity contribution in [1.29, 1.82) is 0 Å². The molecule has 0 spiro atoms. The number of allylic oxidation sites excluding steroid dienone is 2. The molecule has 24 heavy (non-hydrogen) atoms. The summed E-state index contributed by atoms with van der Waals surface area (Å²) in [5.41, 5.74) is 3.09. The summed E-state index contributed by atoms with van der Waals surface area (Å²) in [5.74, 6) is 1.02. The van der Waals surface area contributed by atoms with Gasteiger partial charge in [-0.1, -0.05) is 40.7 Å². The lowest BCUT2D eigenvalue weighted by Gasteiger charge is -2.33. The molecule has 0 radical (unpaired) electrons. The van der Waals surface area contributed by atoms with E-state index in [0.29, 0.717) is 29.6 Å². The Morgan fingerprint density at radius 2 is 1.96 bits per heavy atom. The van der Waals surface area contributed by atoms with Crippen LogP contribution in [0.25, 0.3) is 5.57 Å². The number of hydrogen-bond donors (Lipinski definition) is 1. The fraction of sp³-hybridized carbons (Fsp3) is 0.667. The van der Waals surface area contributed by atoms with Crippen LogP contribution in [0.15, 0.2) is 18.2 Å². The molecule has 1 N–H and O–H groups in total. The van der Waals surface area contributed by atoms with Crippen LogP contribution in [-0.4, -0.2) is 11.0 Å². The smallest absolute Gasteiger partial charge is 0.146 e. The highest BCUT2D eigenvalue weighted by Crippen LogP contribution is 2.39. The van der Waals surface area contributed by atoms with Crippen LogP contribution in [-0.2, 0) is 6.54 Å². The van der Waals surface area contributed by atoms with E-state index in [9.17, 15) is 4.39 Å². The van der Waals surface area contributed by atoms with Gasteiger partial charge in [-0.3, -0.25) is 0 Å². The van der Waals surface area contributed by atoms with Crippen molar-refractivity contribution in [3.05, 3.63) is 35.4 Å². The molecular formula is C21H33FN2. The van der Waals surface area contributed by atoms with E-state index in [0.717, 1.165) is 24.5 Å². The first-order chi connectivity index (χ1) is 11.2. The molecule has 1 aliphatic carbocycles. The Bertz CT molecular complexity index is 584. The lowest BCUT2D eigenvalue weighted by molar-refractivity contribution is 0.225. The Morgan fingerprint density at radius 1 is 1.25 bits per heavy atom. The SMILES string of the molecule is CC(C)[C@@H](C)NCc1nc(C2=CCC(C(C)(C)C)CC2)ccc1F. The second-order valence-electron chi connectivity index (χ2n) is 8.61. The molecule has 2 atom stereocenters. The van der Waals surface area contributed by atoms with Gasteiger partial charge in [-0.05, 0) is 61.1 Å². The molecule has 1 heterocycles. The Morgan fingerprint density at radius 3 is 2.50 bits per heavy atom. The van der Waals surface area contributed by atoms with Gasteiger partial charge in [0.25, 0.3) is 0 Å². The minimum atomic E-state index is -0.216. The lowest BCUT2D eigenvalue weighted by Crippen LogP contribution is -2.31. The molecule has 2 nitrogen and oxygen atoms in total. The fourth-order valence-corrected chi connectivity index (χ4v) is 3.13. The largest absolute Gasteiger partial charge is 0.308 e. The second kappa shape index (κ2) is 7.77. The minimum absolute atomic E-state index is 0.216. The van der Waals surface area contributed by atoms with Gasteiger partial charge in [-0.15, -0.1) is 0 Å². The summed E-state index contributed by atoms with van der Waals surface area (Å²) in [6.45, 7) is 13.9. The van der Waals surface area contributed by atoms with Gasteiger partial charge in [0.15, 0.2) is 0 Å². The molecule has 0 aliphatic heterocycles. The molecule has 1 aromatic heterocycles. The molecule has 3 heteroatoms. The van der Waals surface area contributed by atoms with Gasteiger partial charge in [0.1, 0.15) is 5.82 Å². The molecule has 0 saturated carbocycles. The molecule has 2 rings (SSSR count). The van der Waals surface area contributed by atoms with E-state index in [1.807, 2.05) is 6.07 Å². The third kappa shape index (κ3) is 4.89. The van der Waals surface area contributed by atoms with Crippen LogP contribution >= 0.6 is 0 Å². The van der Waals surface area contributed by atoms with Crippen molar-refractivity contribution in [2.24, 2.45) is 17.3 Å². The zero-order valence-corrected chi connectivity index (χ0v) is 16.1. The molecule has 1 aromatic rings. The first-order valence-corrected chi connectivity index (χ1v) is 9.26. The summed E-state index contributed by atoms with van der Waals surface area (Å²) in [7, 11) is 0. The Kier molecular flexibility index (Phi) is 6.19. The van der Waals surface area contributed by atoms with Crippen LogP contribution in [0.3, 0.4) is 0 Å². The van der Waals surface area contributed by atoms with Crippen LogP contribution < -0.4 is 5.32 Å². The Balaban J connectivity index is 2.10. The van der Waals surface area contributed by atoms with E-state index in [1.165, 1.54) is 12.0 Å². The highest BCUT2D eigenvalue weighted by molar-refractivity contribution is 5.63. The third-order valence-corrected chi connectivity index (χ3v) is 5.47. The number of rotatable bonds is 5. The zero-order chi connectivity index (χ0) is 17.9. The number of aromatic nitrogens is 1. The maximum Gasteiger partial charge on any atom is 0.146 e. The summed E-state index contributed by atoms with van der Waals surface area (Å²) in [4.78, 5) is 4.61. The van der Waals surface area contributed by atoms with E-state index >= 15 is 0 Å². The number of nitrogens with zero attached hydrogens (tertiary/aromatic N) is 1. The van der Waals surface area contributed by atoms with Crippen molar-refractivity contribution in [3.63, 3.8) is 0 Å². The van der Waals surface area contributed by atoms with Gasteiger partial charge in [0, 0.05) is 12.6 Å². The summed E-state index contributed by atoms with van der Waals surface area (Å²) in [5, 5.41) is 3.37. The van der Waals surface area contributed by atoms with Crippen LogP contribution in [0.5, 0.6) is 0 Å². The maximum absolute atomic E-state index is 14.1. The summed E-state index contributed by atoms with van der Waals surface area (Å²) < 4.78 is 14.1. The van der Waals surface area contributed by atoms with E-state index < -0.39 is 0 Å². The fourth-order valence-electron chi connectivity index (χ4n) is 3.13. The normalized spacial score (nSPS) is 20.2. The van der Waals surface area contributed by atoms with Crippen molar-refractivity contribution in [1.82, 2.24) is 10.3 Å². The van der Waals surface area contributed by atoms with E-state index in [4.69, 9.17) is 0 Å². The molecule has 0 fully saturated rings. The van der Waals surface area contributed by atoms with Crippen molar-refractivity contribution in [2.75, 3.05) is 0 Å². The summed E-state index contributed by atoms with van der Waals surface area (Å²) in [6, 6.07) is 3.74. The number of pyridine rings is 1. The molecular weight excluding hydrogens is 299 g/mol. The molecule has 1 aliphatic rings. The van der Waals surface area contributed by atoms with Crippen LogP contribution in [0.2, 0.25) is 0 Å². The van der Waals surface area contributed by atoms with Gasteiger partial charge in [0.05, 0.1) is 11.4 Å². The molecule has 0 saturated heterocycles. The van der Waals surface area contributed by atoms with Crippen LogP contribution in [0.1, 0.15) is 72.2 Å². The monoisotopic (exact) mass is 332 g/mol. The predicted molar refractivity (Wildman–Crippen MR) is 100 cm³/mol. The van der Waals surface area contributed by atoms with Crippen molar-refractivity contribution >= 4 is 5.57 Å². The molecule has 134 valence electrons. The van der Waals surface area contributed by atoms with Gasteiger partial charge in [-0.25, -0.2) is 9.37 Å². The number of hydrogen-bond acceptors (Lipinski definition) is 2. The first kappa shape index (κ1) is 19.1. The summed E-state index contributed by atoms with van der Waals surface area (Å²) >= 11 is 0. The topological polar surface area (TPSA) is 24.9 Å². The van der Waals surface area contributed by atoms with E-state index in [2.05, 4.69) is 57.9 Å². The van der Waals surface area contributed by atoms with Gasteiger partial charge in [0.2, 0.25) is 0 Å². The number of halogens is 1. The van der Waals surface area contributed by atoms with Gasteiger partial charge < -0.3 is 5.32 Å².